The highest BCUT2D eigenvalue weighted by molar-refractivity contribution is 5.81. The zero-order valence-corrected chi connectivity index (χ0v) is 15.9. The molecule has 0 heterocycles. The van der Waals surface area contributed by atoms with Crippen molar-refractivity contribution in [2.75, 3.05) is 13.1 Å². The van der Waals surface area contributed by atoms with Crippen molar-refractivity contribution in [2.45, 2.75) is 59.5 Å². The number of rotatable bonds is 8. The van der Waals surface area contributed by atoms with Gasteiger partial charge in [-0.1, -0.05) is 19.1 Å². The third kappa shape index (κ3) is 7.54. The number of hydrogen-bond donors (Lipinski definition) is 3. The summed E-state index contributed by atoms with van der Waals surface area (Å²) in [6, 6.07) is 5.29. The molecule has 1 rings (SSSR count). The Labute approximate surface area is 150 Å². The highest BCUT2D eigenvalue weighted by Gasteiger charge is 2.10. The fourth-order valence-electron chi connectivity index (χ4n) is 2.21. The van der Waals surface area contributed by atoms with Crippen molar-refractivity contribution in [3.8, 4) is 0 Å². The standard InChI is InChI=1S/C19H31FN4O/c1-6-14(4)23-18(25)10-11-22-19(21-7-2)24-15(5)16-9-8-13(3)17(20)12-16/h8-9,12,14-15H,6-7,10-11H2,1-5H3,(H,23,25)(H2,21,22,24). The van der Waals surface area contributed by atoms with E-state index in [0.717, 1.165) is 12.0 Å². The molecule has 1 aromatic rings. The van der Waals surface area contributed by atoms with Gasteiger partial charge in [0.1, 0.15) is 5.82 Å². The number of aryl methyl sites for hydroxylation is 1. The SMILES string of the molecule is CCNC(=NCCC(=O)NC(C)CC)NC(C)c1ccc(C)c(F)c1. The number of hydrogen-bond acceptors (Lipinski definition) is 2. The monoisotopic (exact) mass is 350 g/mol. The van der Waals surface area contributed by atoms with E-state index in [0.29, 0.717) is 31.0 Å². The van der Waals surface area contributed by atoms with Crippen molar-refractivity contribution in [2.24, 2.45) is 4.99 Å². The van der Waals surface area contributed by atoms with Gasteiger partial charge in [0.15, 0.2) is 5.96 Å². The van der Waals surface area contributed by atoms with Gasteiger partial charge in [0.05, 0.1) is 12.6 Å². The largest absolute Gasteiger partial charge is 0.357 e. The van der Waals surface area contributed by atoms with E-state index in [9.17, 15) is 9.18 Å². The molecule has 0 aromatic heterocycles. The van der Waals surface area contributed by atoms with Crippen LogP contribution in [0.5, 0.6) is 0 Å². The first-order valence-corrected chi connectivity index (χ1v) is 8.97. The molecular formula is C19H31FN4O. The minimum atomic E-state index is -0.213. The van der Waals surface area contributed by atoms with Crippen LogP contribution in [0.2, 0.25) is 0 Å². The highest BCUT2D eigenvalue weighted by Crippen LogP contribution is 2.16. The van der Waals surface area contributed by atoms with Gasteiger partial charge in [-0.25, -0.2) is 4.39 Å². The Morgan fingerprint density at radius 3 is 2.56 bits per heavy atom. The molecule has 25 heavy (non-hydrogen) atoms. The van der Waals surface area contributed by atoms with Gasteiger partial charge in [0, 0.05) is 19.0 Å². The lowest BCUT2D eigenvalue weighted by molar-refractivity contribution is -0.121. The first kappa shape index (κ1) is 20.9. The number of benzene rings is 1. The van der Waals surface area contributed by atoms with Crippen molar-refractivity contribution < 1.29 is 9.18 Å². The Bertz CT molecular complexity index is 589. The van der Waals surface area contributed by atoms with Crippen LogP contribution in [-0.4, -0.2) is 31.0 Å². The van der Waals surface area contributed by atoms with E-state index in [1.807, 2.05) is 33.8 Å². The summed E-state index contributed by atoms with van der Waals surface area (Å²) in [4.78, 5) is 16.2. The van der Waals surface area contributed by atoms with Gasteiger partial charge < -0.3 is 16.0 Å². The van der Waals surface area contributed by atoms with Gasteiger partial charge in [-0.15, -0.1) is 0 Å². The van der Waals surface area contributed by atoms with Crippen LogP contribution in [0.1, 0.15) is 57.7 Å². The molecule has 6 heteroatoms. The van der Waals surface area contributed by atoms with E-state index in [1.165, 1.54) is 6.07 Å². The summed E-state index contributed by atoms with van der Waals surface area (Å²) in [6.07, 6.45) is 1.25. The summed E-state index contributed by atoms with van der Waals surface area (Å²) in [7, 11) is 0. The number of aliphatic imine (C=N–C) groups is 1. The third-order valence-electron chi connectivity index (χ3n) is 4.02. The average molecular weight is 350 g/mol. The van der Waals surface area contributed by atoms with E-state index < -0.39 is 0 Å². The zero-order valence-electron chi connectivity index (χ0n) is 15.9. The molecule has 3 N–H and O–H groups in total. The van der Waals surface area contributed by atoms with Crippen molar-refractivity contribution in [3.05, 3.63) is 35.1 Å². The van der Waals surface area contributed by atoms with E-state index in [4.69, 9.17) is 0 Å². The van der Waals surface area contributed by atoms with Crippen LogP contribution in [0.15, 0.2) is 23.2 Å². The number of amides is 1. The fourth-order valence-corrected chi connectivity index (χ4v) is 2.21. The van der Waals surface area contributed by atoms with E-state index in [1.54, 1.807) is 13.0 Å². The lowest BCUT2D eigenvalue weighted by Gasteiger charge is -2.18. The Balaban J connectivity index is 2.62. The molecule has 0 radical (unpaired) electrons. The van der Waals surface area contributed by atoms with Gasteiger partial charge in [-0.3, -0.25) is 9.79 Å². The number of halogens is 1. The van der Waals surface area contributed by atoms with Gasteiger partial charge in [0.2, 0.25) is 5.91 Å². The first-order valence-electron chi connectivity index (χ1n) is 8.97. The molecule has 0 saturated heterocycles. The average Bonchev–Trinajstić information content (AvgIpc) is 2.57. The molecule has 0 bridgehead atoms. The Kier molecular flexibility index (Phi) is 8.95. The molecule has 1 amide bonds. The summed E-state index contributed by atoms with van der Waals surface area (Å²) in [6.45, 7) is 10.8. The van der Waals surface area contributed by atoms with Crippen molar-refractivity contribution in [3.63, 3.8) is 0 Å². The maximum atomic E-state index is 13.7. The second-order valence-electron chi connectivity index (χ2n) is 6.26. The maximum absolute atomic E-state index is 13.7. The predicted octanol–water partition coefficient (Wildman–Crippen LogP) is 3.06. The van der Waals surface area contributed by atoms with Gasteiger partial charge in [-0.2, -0.15) is 0 Å². The number of nitrogens with zero attached hydrogens (tertiary/aromatic N) is 1. The first-order chi connectivity index (χ1) is 11.9. The molecule has 2 atom stereocenters. The maximum Gasteiger partial charge on any atom is 0.222 e. The minimum absolute atomic E-state index is 0.00241. The van der Waals surface area contributed by atoms with Crippen LogP contribution >= 0.6 is 0 Å². The van der Waals surface area contributed by atoms with Gasteiger partial charge in [-0.05, 0) is 51.3 Å². The molecular weight excluding hydrogens is 319 g/mol. The Morgan fingerprint density at radius 2 is 1.96 bits per heavy atom. The van der Waals surface area contributed by atoms with Crippen LogP contribution in [-0.2, 0) is 4.79 Å². The Hall–Kier alpha value is -2.11. The number of carbonyl (C=O) groups is 1. The van der Waals surface area contributed by atoms with Gasteiger partial charge in [0.25, 0.3) is 0 Å². The van der Waals surface area contributed by atoms with E-state index in [2.05, 4.69) is 20.9 Å². The van der Waals surface area contributed by atoms with Crippen LogP contribution in [0, 0.1) is 12.7 Å². The van der Waals surface area contributed by atoms with Crippen LogP contribution in [0.25, 0.3) is 0 Å². The molecule has 2 unspecified atom stereocenters. The second-order valence-corrected chi connectivity index (χ2v) is 6.26. The molecule has 140 valence electrons. The predicted molar refractivity (Wildman–Crippen MR) is 101 cm³/mol. The molecule has 0 aliphatic carbocycles. The molecule has 0 fully saturated rings. The van der Waals surface area contributed by atoms with Crippen LogP contribution in [0.3, 0.4) is 0 Å². The second kappa shape index (κ2) is 10.7. The normalized spacial score (nSPS) is 13.9. The molecule has 0 aliphatic heterocycles. The summed E-state index contributed by atoms with van der Waals surface area (Å²) in [5.41, 5.74) is 1.48. The third-order valence-corrected chi connectivity index (χ3v) is 4.02. The molecule has 1 aromatic carbocycles. The van der Waals surface area contributed by atoms with Crippen LogP contribution in [0.4, 0.5) is 4.39 Å². The summed E-state index contributed by atoms with van der Waals surface area (Å²) in [5.74, 6) is 0.407. The van der Waals surface area contributed by atoms with Crippen molar-refractivity contribution in [1.82, 2.24) is 16.0 Å². The fraction of sp³-hybridized carbons (Fsp3) is 0.579. The summed E-state index contributed by atoms with van der Waals surface area (Å²) >= 11 is 0. The topological polar surface area (TPSA) is 65.5 Å². The molecule has 0 saturated carbocycles. The Morgan fingerprint density at radius 1 is 1.24 bits per heavy atom. The van der Waals surface area contributed by atoms with Crippen LogP contribution < -0.4 is 16.0 Å². The lowest BCUT2D eigenvalue weighted by Crippen LogP contribution is -2.39. The van der Waals surface area contributed by atoms with E-state index in [-0.39, 0.29) is 23.8 Å². The summed E-state index contributed by atoms with van der Waals surface area (Å²) in [5, 5.41) is 9.32. The quantitative estimate of drug-likeness (QED) is 0.499. The lowest BCUT2D eigenvalue weighted by atomic mass is 10.1. The number of guanidine groups is 1. The molecule has 0 aliphatic rings. The minimum Gasteiger partial charge on any atom is -0.357 e. The number of nitrogens with one attached hydrogen (secondary N) is 3. The highest BCUT2D eigenvalue weighted by atomic mass is 19.1. The van der Waals surface area contributed by atoms with Crippen molar-refractivity contribution in [1.29, 1.82) is 0 Å². The number of carbonyl (C=O) groups excluding carboxylic acids is 1. The molecule has 0 spiro atoms. The van der Waals surface area contributed by atoms with Crippen molar-refractivity contribution >= 4 is 11.9 Å². The molecule has 5 nitrogen and oxygen atoms in total. The summed E-state index contributed by atoms with van der Waals surface area (Å²) < 4.78 is 13.7. The zero-order chi connectivity index (χ0) is 18.8. The smallest absolute Gasteiger partial charge is 0.222 e. The van der Waals surface area contributed by atoms with Gasteiger partial charge >= 0.3 is 0 Å². The van der Waals surface area contributed by atoms with E-state index >= 15 is 0 Å².